The maximum absolute atomic E-state index is 10.3. The summed E-state index contributed by atoms with van der Waals surface area (Å²) < 4.78 is 0. The second kappa shape index (κ2) is 17.1. The number of carboxylic acid groups (broad SMARTS) is 8. The molecule has 2 unspecified atom stereocenters. The summed E-state index contributed by atoms with van der Waals surface area (Å²) in [6, 6.07) is 0. The van der Waals surface area contributed by atoms with Crippen molar-refractivity contribution in [3.05, 3.63) is 0 Å². The first-order valence-electron chi connectivity index (χ1n) is 8.62. The van der Waals surface area contributed by atoms with E-state index < -0.39 is 96.8 Å². The van der Waals surface area contributed by atoms with E-state index in [2.05, 4.69) is 0 Å². The van der Waals surface area contributed by atoms with E-state index in [1.165, 1.54) is 0 Å². The van der Waals surface area contributed by atoms with Gasteiger partial charge in [-0.25, -0.2) is 19.2 Å². The maximum atomic E-state index is 10.3. The molecule has 0 rings (SSSR count). The third-order valence-electron chi connectivity index (χ3n) is 3.38. The molecule has 0 bridgehead atoms. The lowest BCUT2D eigenvalue weighted by Gasteiger charge is -2.18. The van der Waals surface area contributed by atoms with Crippen molar-refractivity contribution in [2.45, 2.75) is 49.1 Å². The van der Waals surface area contributed by atoms with Crippen LogP contribution >= 0.6 is 0 Å². The van der Waals surface area contributed by atoms with E-state index in [1.807, 2.05) is 0 Å². The molecule has 0 aromatic carbocycles. The quantitative estimate of drug-likeness (QED) is 0.101. The lowest BCUT2D eigenvalue weighted by atomic mass is 9.96. The highest BCUT2D eigenvalue weighted by Gasteiger charge is 2.41. The molecule has 0 aliphatic heterocycles. The van der Waals surface area contributed by atoms with Crippen molar-refractivity contribution in [1.82, 2.24) is 0 Å². The summed E-state index contributed by atoms with van der Waals surface area (Å²) in [5.41, 5.74) is -5.48. The number of aliphatic hydroxyl groups excluding tert-OH is 2. The Morgan fingerprint density at radius 3 is 0.703 bits per heavy atom. The van der Waals surface area contributed by atoms with Crippen LogP contribution in [0, 0.1) is 0 Å². The van der Waals surface area contributed by atoms with E-state index in [-0.39, 0.29) is 5.48 Å². The number of aliphatic carboxylic acids is 8. The smallest absolute Gasteiger partial charge is 0.336 e. The number of hydrogen-bond donors (Lipinski definition) is 12. The molecule has 0 aliphatic carbocycles. The zero-order valence-electron chi connectivity index (χ0n) is 18.1. The number of rotatable bonds is 13. The van der Waals surface area contributed by atoms with E-state index in [4.69, 9.17) is 61.3 Å². The Morgan fingerprint density at radius 2 is 0.622 bits per heavy atom. The largest absolute Gasteiger partial charge is 0.481 e. The molecule has 0 spiro atoms. The van der Waals surface area contributed by atoms with Crippen molar-refractivity contribution in [2.75, 3.05) is 0 Å². The van der Waals surface area contributed by atoms with Crippen LogP contribution in [0.5, 0.6) is 0 Å². The van der Waals surface area contributed by atoms with Gasteiger partial charge in [0, 0.05) is 0 Å². The van der Waals surface area contributed by atoms with Gasteiger partial charge in [-0.3, -0.25) is 19.2 Å². The molecule has 0 aromatic heterocycles. The fraction of sp³-hybridized carbons (Fsp3) is 0.500. The molecule has 0 saturated heterocycles. The molecule has 0 heterocycles. The van der Waals surface area contributed by atoms with Crippen LogP contribution in [0.3, 0.4) is 0 Å². The fourth-order valence-corrected chi connectivity index (χ4v) is 1.70. The SMILES string of the molecule is O.O=C(O)C(O)C(O)C(=O)O.O=C(O)CC(O)(CC(=O)O)C(=O)O.O=C(O)CC(O)(CC(=O)O)C(=O)O. The molecule has 21 heteroatoms. The molecule has 0 aromatic rings. The average Bonchev–Trinajstić information content (AvgIpc) is 2.64. The first-order valence-corrected chi connectivity index (χ1v) is 8.62. The van der Waals surface area contributed by atoms with Crippen LogP contribution in [0.2, 0.25) is 0 Å². The van der Waals surface area contributed by atoms with Gasteiger partial charge < -0.3 is 66.8 Å². The van der Waals surface area contributed by atoms with Gasteiger partial charge in [0.2, 0.25) is 0 Å². The molecule has 0 saturated carbocycles. The first-order chi connectivity index (χ1) is 16.0. The van der Waals surface area contributed by atoms with Gasteiger partial charge in [-0.1, -0.05) is 0 Å². The van der Waals surface area contributed by atoms with Crippen molar-refractivity contribution in [2.24, 2.45) is 0 Å². The molecule has 21 nitrogen and oxygen atoms in total. The normalized spacial score (nSPS) is 11.9. The van der Waals surface area contributed by atoms with Crippen molar-refractivity contribution >= 4 is 47.8 Å². The summed E-state index contributed by atoms with van der Waals surface area (Å²) in [4.78, 5) is 80.5. The molecule has 0 radical (unpaired) electrons. The summed E-state index contributed by atoms with van der Waals surface area (Å²) in [5, 5.41) is 100. The second-order valence-corrected chi connectivity index (χ2v) is 6.52. The Balaban J connectivity index is -0.000000220. The summed E-state index contributed by atoms with van der Waals surface area (Å²) >= 11 is 0. The van der Waals surface area contributed by atoms with Gasteiger partial charge >= 0.3 is 47.8 Å². The zero-order valence-corrected chi connectivity index (χ0v) is 18.1. The predicted molar refractivity (Wildman–Crippen MR) is 105 cm³/mol. The maximum Gasteiger partial charge on any atom is 0.336 e. The molecular formula is C16H24O21. The van der Waals surface area contributed by atoms with Gasteiger partial charge in [0.05, 0.1) is 25.7 Å². The highest BCUT2D eigenvalue weighted by Crippen LogP contribution is 2.16. The molecule has 214 valence electrons. The topological polar surface area (TPSA) is 411 Å². The highest BCUT2D eigenvalue weighted by molar-refractivity contribution is 5.88. The minimum atomic E-state index is -2.74. The Bertz CT molecular complexity index is 757. The van der Waals surface area contributed by atoms with Crippen LogP contribution in [-0.4, -0.2) is 138 Å². The minimum absolute atomic E-state index is 0. The fourth-order valence-electron chi connectivity index (χ4n) is 1.70. The summed E-state index contributed by atoms with van der Waals surface area (Å²) in [6.45, 7) is 0. The number of carboxylic acids is 8. The van der Waals surface area contributed by atoms with Gasteiger partial charge in [-0.15, -0.1) is 0 Å². The Labute approximate surface area is 203 Å². The molecule has 0 fully saturated rings. The molecule has 0 amide bonds. The van der Waals surface area contributed by atoms with E-state index >= 15 is 0 Å². The van der Waals surface area contributed by atoms with Crippen molar-refractivity contribution in [1.29, 1.82) is 0 Å². The van der Waals surface area contributed by atoms with Crippen molar-refractivity contribution < 1.29 is 105 Å². The predicted octanol–water partition coefficient (Wildman–Crippen LogP) is -5.44. The van der Waals surface area contributed by atoms with Gasteiger partial charge in [0.15, 0.2) is 23.4 Å². The van der Waals surface area contributed by atoms with Crippen LogP contribution in [0.15, 0.2) is 0 Å². The van der Waals surface area contributed by atoms with Gasteiger partial charge in [0.1, 0.15) is 0 Å². The third kappa shape index (κ3) is 17.6. The zero-order chi connectivity index (χ0) is 29.6. The molecule has 37 heavy (non-hydrogen) atoms. The van der Waals surface area contributed by atoms with Crippen LogP contribution in [0.25, 0.3) is 0 Å². The van der Waals surface area contributed by atoms with Gasteiger partial charge in [-0.05, 0) is 0 Å². The molecule has 0 aliphatic rings. The van der Waals surface area contributed by atoms with Crippen molar-refractivity contribution in [3.63, 3.8) is 0 Å². The lowest BCUT2D eigenvalue weighted by Crippen LogP contribution is -2.42. The molecule has 2 atom stereocenters. The van der Waals surface area contributed by atoms with E-state index in [0.29, 0.717) is 0 Å². The summed E-state index contributed by atoms with van der Waals surface area (Å²) in [5.74, 6) is -13.6. The Kier molecular flexibility index (Phi) is 18.3. The van der Waals surface area contributed by atoms with Gasteiger partial charge in [0.25, 0.3) is 0 Å². The van der Waals surface area contributed by atoms with Crippen LogP contribution in [-0.2, 0) is 38.4 Å². The summed E-state index contributed by atoms with van der Waals surface area (Å²) in [6.07, 6.45) is -9.11. The number of carbonyl (C=O) groups is 8. The van der Waals surface area contributed by atoms with E-state index in [9.17, 15) is 38.4 Å². The Morgan fingerprint density at radius 1 is 0.459 bits per heavy atom. The Hall–Kier alpha value is -4.44. The first kappa shape index (κ1) is 39.8. The van der Waals surface area contributed by atoms with Crippen molar-refractivity contribution in [3.8, 4) is 0 Å². The van der Waals surface area contributed by atoms with E-state index in [0.717, 1.165) is 0 Å². The standard InChI is InChI=1S/2C6H8O7.C4H6O6.H2O/c2*7-3(8)1-6(13,5(11)12)2-4(9)10;5-1(3(7)8)2(6)4(9)10;/h2*13H,1-2H2,(H,7,8)(H,9,10)(H,11,12);1-2,5-6H,(H,7,8)(H,9,10);1H2. The minimum Gasteiger partial charge on any atom is -0.481 e. The molecular weight excluding hydrogens is 528 g/mol. The van der Waals surface area contributed by atoms with Crippen LogP contribution in [0.4, 0.5) is 0 Å². The van der Waals surface area contributed by atoms with E-state index in [1.54, 1.807) is 0 Å². The van der Waals surface area contributed by atoms with Gasteiger partial charge in [-0.2, -0.15) is 0 Å². The number of aliphatic hydroxyl groups is 4. The summed E-state index contributed by atoms with van der Waals surface area (Å²) in [7, 11) is 0. The average molecular weight is 552 g/mol. The van der Waals surface area contributed by atoms with Crippen LogP contribution < -0.4 is 0 Å². The second-order valence-electron chi connectivity index (χ2n) is 6.52. The third-order valence-corrected chi connectivity index (χ3v) is 3.38. The monoisotopic (exact) mass is 552 g/mol. The molecule has 14 N–H and O–H groups in total. The lowest BCUT2D eigenvalue weighted by molar-refractivity contribution is -0.170. The van der Waals surface area contributed by atoms with Crippen LogP contribution in [0.1, 0.15) is 25.7 Å². The highest BCUT2D eigenvalue weighted by atomic mass is 16.4. The number of hydrogen-bond acceptors (Lipinski definition) is 12.